The van der Waals surface area contributed by atoms with Crippen molar-refractivity contribution in [3.8, 4) is 5.75 Å². The highest BCUT2D eigenvalue weighted by atomic mass is 35.5. The molecule has 0 saturated heterocycles. The number of anilines is 1. The fourth-order valence-corrected chi connectivity index (χ4v) is 3.50. The van der Waals surface area contributed by atoms with Crippen LogP contribution in [-0.2, 0) is 4.79 Å². The van der Waals surface area contributed by atoms with E-state index < -0.39 is 0 Å². The molecule has 0 unspecified atom stereocenters. The van der Waals surface area contributed by atoms with Gasteiger partial charge in [0, 0.05) is 22.2 Å². The smallest absolute Gasteiger partial charge is 0.224 e. The first-order valence-corrected chi connectivity index (χ1v) is 9.32. The van der Waals surface area contributed by atoms with Gasteiger partial charge in [-0.3, -0.25) is 4.79 Å². The van der Waals surface area contributed by atoms with E-state index in [1.807, 2.05) is 36.4 Å². The molecule has 2 aromatic carbocycles. The van der Waals surface area contributed by atoms with Crippen LogP contribution in [0, 0.1) is 5.92 Å². The highest BCUT2D eigenvalue weighted by Crippen LogP contribution is 2.30. The first kappa shape index (κ1) is 18.1. The number of benzene rings is 2. The molecule has 5 heteroatoms. The van der Waals surface area contributed by atoms with Gasteiger partial charge >= 0.3 is 0 Å². The largest absolute Gasteiger partial charge is 0.490 e. The van der Waals surface area contributed by atoms with Gasteiger partial charge in [0.25, 0.3) is 0 Å². The summed E-state index contributed by atoms with van der Waals surface area (Å²) in [5.41, 5.74) is 0.785. The topological polar surface area (TPSA) is 38.3 Å². The summed E-state index contributed by atoms with van der Waals surface area (Å²) in [5, 5.41) is 4.28. The molecule has 0 radical (unpaired) electrons. The standard InChI is InChI=1S/C20H21Cl2NO2/c21-15-6-8-17(9-7-15)23-20(24)12-14-4-10-18(11-5-14)25-19-3-1-2-16(22)13-19/h1-3,6-9,13-14,18H,4-5,10-12H2,(H,23,24)/t14-,18+. The second kappa shape index (κ2) is 8.59. The van der Waals surface area contributed by atoms with Gasteiger partial charge in [-0.15, -0.1) is 0 Å². The lowest BCUT2D eigenvalue weighted by atomic mass is 9.85. The molecule has 0 bridgehead atoms. The van der Waals surface area contributed by atoms with Crippen LogP contribution in [0.15, 0.2) is 48.5 Å². The summed E-state index contributed by atoms with van der Waals surface area (Å²) >= 11 is 11.8. The molecule has 0 spiro atoms. The Morgan fingerprint density at radius 2 is 1.72 bits per heavy atom. The molecule has 2 aromatic rings. The van der Waals surface area contributed by atoms with Crippen molar-refractivity contribution in [2.24, 2.45) is 5.92 Å². The van der Waals surface area contributed by atoms with Gasteiger partial charge in [-0.2, -0.15) is 0 Å². The van der Waals surface area contributed by atoms with E-state index in [4.69, 9.17) is 27.9 Å². The van der Waals surface area contributed by atoms with Crippen molar-refractivity contribution in [1.29, 1.82) is 0 Å². The lowest BCUT2D eigenvalue weighted by molar-refractivity contribution is -0.117. The average Bonchev–Trinajstić information content (AvgIpc) is 2.59. The molecular formula is C20H21Cl2NO2. The Labute approximate surface area is 158 Å². The number of carbonyl (C=O) groups is 1. The molecule has 3 rings (SSSR count). The zero-order chi connectivity index (χ0) is 17.6. The Balaban J connectivity index is 1.42. The Bertz CT molecular complexity index is 710. The minimum absolute atomic E-state index is 0.0570. The number of halogens is 2. The quantitative estimate of drug-likeness (QED) is 0.697. The summed E-state index contributed by atoms with van der Waals surface area (Å²) in [5.74, 6) is 1.28. The van der Waals surface area contributed by atoms with Gasteiger partial charge in [0.2, 0.25) is 5.91 Å². The number of hydrogen-bond acceptors (Lipinski definition) is 2. The molecule has 132 valence electrons. The van der Waals surface area contributed by atoms with E-state index in [-0.39, 0.29) is 12.0 Å². The first-order chi connectivity index (χ1) is 12.1. The molecule has 0 aliphatic heterocycles. The van der Waals surface area contributed by atoms with Crippen molar-refractivity contribution in [1.82, 2.24) is 0 Å². The lowest BCUT2D eigenvalue weighted by Crippen LogP contribution is -2.26. The number of carbonyl (C=O) groups excluding carboxylic acids is 1. The van der Waals surface area contributed by atoms with Crippen LogP contribution in [0.3, 0.4) is 0 Å². The molecule has 1 aliphatic carbocycles. The second-order valence-corrected chi connectivity index (χ2v) is 7.35. The van der Waals surface area contributed by atoms with Crippen LogP contribution in [0.25, 0.3) is 0 Å². The molecule has 3 nitrogen and oxygen atoms in total. The number of rotatable bonds is 5. The maximum Gasteiger partial charge on any atom is 0.224 e. The molecule has 25 heavy (non-hydrogen) atoms. The monoisotopic (exact) mass is 377 g/mol. The van der Waals surface area contributed by atoms with E-state index in [1.165, 1.54) is 0 Å². The summed E-state index contributed by atoms with van der Waals surface area (Å²) in [6.45, 7) is 0. The van der Waals surface area contributed by atoms with Crippen molar-refractivity contribution in [2.75, 3.05) is 5.32 Å². The average molecular weight is 378 g/mol. The van der Waals surface area contributed by atoms with Crippen LogP contribution in [0.2, 0.25) is 10.0 Å². The van der Waals surface area contributed by atoms with Gasteiger partial charge in [-0.05, 0) is 74.1 Å². The number of hydrogen-bond donors (Lipinski definition) is 1. The molecule has 0 aromatic heterocycles. The van der Waals surface area contributed by atoms with Crippen molar-refractivity contribution in [3.63, 3.8) is 0 Å². The molecule has 1 N–H and O–H groups in total. The first-order valence-electron chi connectivity index (χ1n) is 8.56. The molecular weight excluding hydrogens is 357 g/mol. The summed E-state index contributed by atoms with van der Waals surface area (Å²) in [6.07, 6.45) is 4.68. The summed E-state index contributed by atoms with van der Waals surface area (Å²) < 4.78 is 6.00. The highest BCUT2D eigenvalue weighted by Gasteiger charge is 2.24. The summed E-state index contributed by atoms with van der Waals surface area (Å²) in [6, 6.07) is 14.7. The van der Waals surface area contributed by atoms with Crippen LogP contribution in [0.5, 0.6) is 5.75 Å². The minimum Gasteiger partial charge on any atom is -0.490 e. The van der Waals surface area contributed by atoms with Crippen LogP contribution >= 0.6 is 23.2 Å². The fourth-order valence-electron chi connectivity index (χ4n) is 3.19. The Kier molecular flexibility index (Phi) is 6.22. The third-order valence-electron chi connectivity index (χ3n) is 4.49. The van der Waals surface area contributed by atoms with Crippen LogP contribution in [-0.4, -0.2) is 12.0 Å². The van der Waals surface area contributed by atoms with Gasteiger partial charge in [0.15, 0.2) is 0 Å². The number of nitrogens with one attached hydrogen (secondary N) is 1. The highest BCUT2D eigenvalue weighted by molar-refractivity contribution is 6.31. The zero-order valence-corrected chi connectivity index (χ0v) is 15.4. The van der Waals surface area contributed by atoms with Gasteiger partial charge in [-0.1, -0.05) is 29.3 Å². The molecule has 0 heterocycles. The van der Waals surface area contributed by atoms with E-state index in [0.717, 1.165) is 37.1 Å². The van der Waals surface area contributed by atoms with E-state index in [9.17, 15) is 4.79 Å². The van der Waals surface area contributed by atoms with Crippen LogP contribution < -0.4 is 10.1 Å². The lowest BCUT2D eigenvalue weighted by Gasteiger charge is -2.28. The predicted octanol–water partition coefficient (Wildman–Crippen LogP) is 5.96. The van der Waals surface area contributed by atoms with Crippen molar-refractivity contribution in [2.45, 2.75) is 38.2 Å². The minimum atomic E-state index is 0.0570. The maximum absolute atomic E-state index is 12.2. The Morgan fingerprint density at radius 1 is 1.00 bits per heavy atom. The predicted molar refractivity (Wildman–Crippen MR) is 103 cm³/mol. The molecule has 1 fully saturated rings. The van der Waals surface area contributed by atoms with Crippen LogP contribution in [0.4, 0.5) is 5.69 Å². The number of ether oxygens (including phenoxy) is 1. The Morgan fingerprint density at radius 3 is 2.40 bits per heavy atom. The van der Waals surface area contributed by atoms with E-state index in [0.29, 0.717) is 22.4 Å². The van der Waals surface area contributed by atoms with Crippen molar-refractivity contribution < 1.29 is 9.53 Å². The third kappa shape index (κ3) is 5.65. The third-order valence-corrected chi connectivity index (χ3v) is 4.98. The molecule has 1 saturated carbocycles. The summed E-state index contributed by atoms with van der Waals surface area (Å²) in [4.78, 5) is 12.2. The van der Waals surface area contributed by atoms with Crippen molar-refractivity contribution >= 4 is 34.8 Å². The van der Waals surface area contributed by atoms with E-state index in [2.05, 4.69) is 5.32 Å². The van der Waals surface area contributed by atoms with Crippen molar-refractivity contribution in [3.05, 3.63) is 58.6 Å². The van der Waals surface area contributed by atoms with Gasteiger partial charge < -0.3 is 10.1 Å². The van der Waals surface area contributed by atoms with Gasteiger partial charge in [-0.25, -0.2) is 0 Å². The number of amides is 1. The van der Waals surface area contributed by atoms with Crippen LogP contribution in [0.1, 0.15) is 32.1 Å². The van der Waals surface area contributed by atoms with E-state index >= 15 is 0 Å². The fraction of sp³-hybridized carbons (Fsp3) is 0.350. The van der Waals surface area contributed by atoms with Gasteiger partial charge in [0.1, 0.15) is 5.75 Å². The molecule has 0 atom stereocenters. The SMILES string of the molecule is O=C(C[C@H]1CC[C@@H](Oc2cccc(Cl)c2)CC1)Nc1ccc(Cl)cc1. The maximum atomic E-state index is 12.2. The van der Waals surface area contributed by atoms with E-state index in [1.54, 1.807) is 12.1 Å². The summed E-state index contributed by atoms with van der Waals surface area (Å²) in [7, 11) is 0. The normalized spacial score (nSPS) is 20.1. The Hall–Kier alpha value is -1.71. The molecule has 1 aliphatic rings. The second-order valence-electron chi connectivity index (χ2n) is 6.48. The van der Waals surface area contributed by atoms with Gasteiger partial charge in [0.05, 0.1) is 6.10 Å². The zero-order valence-electron chi connectivity index (χ0n) is 13.9. The molecule has 1 amide bonds.